The van der Waals surface area contributed by atoms with Crippen LogP contribution in [0.5, 0.6) is 0 Å². The summed E-state index contributed by atoms with van der Waals surface area (Å²) >= 11 is 0. The summed E-state index contributed by atoms with van der Waals surface area (Å²) in [5.74, 6) is 0. The van der Waals surface area contributed by atoms with E-state index in [-0.39, 0.29) is 12.1 Å². The highest BCUT2D eigenvalue weighted by Crippen LogP contribution is 2.07. The Hall–Kier alpha value is -2.16. The smallest absolute Gasteiger partial charge is 0.0264 e. The summed E-state index contributed by atoms with van der Waals surface area (Å²) in [6.07, 6.45) is 15.1. The van der Waals surface area contributed by atoms with Crippen molar-refractivity contribution in [3.05, 3.63) is 96.1 Å². The highest BCUT2D eigenvalue weighted by molar-refractivity contribution is 5.18. The third-order valence-corrected chi connectivity index (χ3v) is 4.39. The third kappa shape index (κ3) is 8.80. The van der Waals surface area contributed by atoms with Gasteiger partial charge in [0.25, 0.3) is 0 Å². The van der Waals surface area contributed by atoms with E-state index in [1.165, 1.54) is 24.0 Å². The lowest BCUT2D eigenvalue weighted by atomic mass is 10.0. The van der Waals surface area contributed by atoms with Crippen LogP contribution in [0.2, 0.25) is 0 Å². The molecule has 0 radical (unpaired) electrons. The molecular weight excluding hydrogens is 316 g/mol. The standard InChI is InChI=1S/C24H32N2/c25-23(19-21-13-7-5-8-14-21)17-11-3-1-2-4-12-18-24(26)20-22-15-9-6-10-16-22/h5-18,23-24H,1-4,19-20,25-26H2/t23-,24-/m1/s1. The monoisotopic (exact) mass is 348 g/mol. The maximum absolute atomic E-state index is 6.15. The van der Waals surface area contributed by atoms with E-state index in [0.29, 0.717) is 0 Å². The predicted molar refractivity (Wildman–Crippen MR) is 113 cm³/mol. The van der Waals surface area contributed by atoms with Gasteiger partial charge in [0.15, 0.2) is 0 Å². The molecule has 0 unspecified atom stereocenters. The first-order valence-electron chi connectivity index (χ1n) is 9.66. The Morgan fingerprint density at radius 3 is 1.38 bits per heavy atom. The lowest BCUT2D eigenvalue weighted by molar-refractivity contribution is 0.744. The molecule has 2 aromatic carbocycles. The fraction of sp³-hybridized carbons (Fsp3) is 0.333. The number of unbranched alkanes of at least 4 members (excludes halogenated alkanes) is 3. The molecule has 2 nitrogen and oxygen atoms in total. The molecule has 0 amide bonds. The van der Waals surface area contributed by atoms with Gasteiger partial charge in [0, 0.05) is 12.1 Å². The average Bonchev–Trinajstić information content (AvgIpc) is 2.65. The topological polar surface area (TPSA) is 52.0 Å². The van der Waals surface area contributed by atoms with Crippen molar-refractivity contribution in [2.24, 2.45) is 11.5 Å². The Kier molecular flexibility index (Phi) is 9.48. The summed E-state index contributed by atoms with van der Waals surface area (Å²) in [5, 5.41) is 0. The molecule has 0 aromatic heterocycles. The molecule has 0 aliphatic carbocycles. The van der Waals surface area contributed by atoms with Crippen molar-refractivity contribution in [1.29, 1.82) is 0 Å². The zero-order valence-corrected chi connectivity index (χ0v) is 15.6. The molecule has 26 heavy (non-hydrogen) atoms. The van der Waals surface area contributed by atoms with Crippen LogP contribution in [0.4, 0.5) is 0 Å². The van der Waals surface area contributed by atoms with Crippen LogP contribution < -0.4 is 11.5 Å². The maximum atomic E-state index is 6.15. The number of nitrogens with two attached hydrogens (primary N) is 2. The van der Waals surface area contributed by atoms with Gasteiger partial charge in [-0.3, -0.25) is 0 Å². The van der Waals surface area contributed by atoms with Crippen LogP contribution in [0, 0.1) is 0 Å². The van der Waals surface area contributed by atoms with Gasteiger partial charge in [-0.2, -0.15) is 0 Å². The molecule has 2 rings (SSSR count). The molecule has 0 spiro atoms. The molecular formula is C24H32N2. The van der Waals surface area contributed by atoms with Crippen LogP contribution in [0.3, 0.4) is 0 Å². The minimum atomic E-state index is 0.105. The summed E-state index contributed by atoms with van der Waals surface area (Å²) in [6, 6.07) is 21.0. The summed E-state index contributed by atoms with van der Waals surface area (Å²) in [7, 11) is 0. The molecule has 138 valence electrons. The van der Waals surface area contributed by atoms with E-state index < -0.39 is 0 Å². The van der Waals surface area contributed by atoms with E-state index in [4.69, 9.17) is 11.5 Å². The number of hydrogen-bond acceptors (Lipinski definition) is 2. The van der Waals surface area contributed by atoms with Gasteiger partial charge in [0.05, 0.1) is 0 Å². The Labute approximate surface area is 158 Å². The number of benzene rings is 2. The van der Waals surface area contributed by atoms with Crippen LogP contribution in [-0.4, -0.2) is 12.1 Å². The zero-order valence-electron chi connectivity index (χ0n) is 15.6. The van der Waals surface area contributed by atoms with Gasteiger partial charge >= 0.3 is 0 Å². The molecule has 0 saturated carbocycles. The number of hydrogen-bond donors (Lipinski definition) is 2. The van der Waals surface area contributed by atoms with Gasteiger partial charge in [-0.1, -0.05) is 85.0 Å². The molecule has 2 aromatic rings. The van der Waals surface area contributed by atoms with Crippen LogP contribution in [-0.2, 0) is 12.8 Å². The number of rotatable bonds is 11. The van der Waals surface area contributed by atoms with E-state index in [0.717, 1.165) is 25.7 Å². The highest BCUT2D eigenvalue weighted by atomic mass is 14.6. The van der Waals surface area contributed by atoms with Crippen LogP contribution in [0.15, 0.2) is 85.0 Å². The molecule has 0 saturated heterocycles. The van der Waals surface area contributed by atoms with Gasteiger partial charge in [0.2, 0.25) is 0 Å². The Bertz CT molecular complexity index is 587. The maximum Gasteiger partial charge on any atom is 0.0264 e. The van der Waals surface area contributed by atoms with Crippen LogP contribution >= 0.6 is 0 Å². The van der Waals surface area contributed by atoms with Crippen molar-refractivity contribution in [2.75, 3.05) is 0 Å². The van der Waals surface area contributed by atoms with Gasteiger partial charge in [-0.15, -0.1) is 0 Å². The van der Waals surface area contributed by atoms with Gasteiger partial charge in [0.1, 0.15) is 0 Å². The van der Waals surface area contributed by atoms with Crippen molar-refractivity contribution in [1.82, 2.24) is 0 Å². The summed E-state index contributed by atoms with van der Waals surface area (Å²) < 4.78 is 0. The molecule has 2 atom stereocenters. The predicted octanol–water partition coefficient (Wildman–Crippen LogP) is 4.80. The second-order valence-electron chi connectivity index (χ2n) is 6.85. The minimum Gasteiger partial charge on any atom is -0.324 e. The van der Waals surface area contributed by atoms with Crippen molar-refractivity contribution >= 4 is 0 Å². The van der Waals surface area contributed by atoms with E-state index in [1.54, 1.807) is 0 Å². The Morgan fingerprint density at radius 2 is 1.00 bits per heavy atom. The van der Waals surface area contributed by atoms with E-state index in [1.807, 2.05) is 12.1 Å². The van der Waals surface area contributed by atoms with Crippen molar-refractivity contribution in [3.63, 3.8) is 0 Å². The van der Waals surface area contributed by atoms with E-state index in [9.17, 15) is 0 Å². The fourth-order valence-corrected chi connectivity index (χ4v) is 2.98. The average molecular weight is 349 g/mol. The first-order chi connectivity index (χ1) is 12.7. The zero-order chi connectivity index (χ0) is 18.5. The van der Waals surface area contributed by atoms with Crippen molar-refractivity contribution < 1.29 is 0 Å². The van der Waals surface area contributed by atoms with Gasteiger partial charge in [-0.05, 0) is 49.7 Å². The summed E-state index contributed by atoms with van der Waals surface area (Å²) in [6.45, 7) is 0. The molecule has 4 N–H and O–H groups in total. The van der Waals surface area contributed by atoms with Gasteiger partial charge < -0.3 is 11.5 Å². The van der Waals surface area contributed by atoms with E-state index in [2.05, 4.69) is 72.8 Å². The molecule has 0 heterocycles. The Balaban J connectivity index is 1.53. The van der Waals surface area contributed by atoms with Crippen LogP contribution in [0.25, 0.3) is 0 Å². The largest absolute Gasteiger partial charge is 0.324 e. The quantitative estimate of drug-likeness (QED) is 0.453. The minimum absolute atomic E-state index is 0.105. The second kappa shape index (κ2) is 12.2. The molecule has 2 heteroatoms. The lowest BCUT2D eigenvalue weighted by Gasteiger charge is -2.06. The van der Waals surface area contributed by atoms with Crippen molar-refractivity contribution in [2.45, 2.75) is 50.6 Å². The van der Waals surface area contributed by atoms with Gasteiger partial charge in [-0.25, -0.2) is 0 Å². The summed E-state index contributed by atoms with van der Waals surface area (Å²) in [4.78, 5) is 0. The molecule has 0 bridgehead atoms. The first kappa shape index (κ1) is 20.2. The second-order valence-corrected chi connectivity index (χ2v) is 6.85. The highest BCUT2D eigenvalue weighted by Gasteiger charge is 1.99. The summed E-state index contributed by atoms with van der Waals surface area (Å²) in [5.41, 5.74) is 14.9. The number of allylic oxidation sites excluding steroid dienone is 2. The normalized spacial score (nSPS) is 14.1. The molecule has 0 aliphatic rings. The van der Waals surface area contributed by atoms with Crippen molar-refractivity contribution in [3.8, 4) is 0 Å². The molecule has 0 aliphatic heterocycles. The molecule has 0 fully saturated rings. The lowest BCUT2D eigenvalue weighted by Crippen LogP contribution is -2.19. The fourth-order valence-electron chi connectivity index (χ4n) is 2.98. The SMILES string of the molecule is N[C@H](C=CCCCCC=C[C@@H](N)Cc1ccccc1)Cc1ccccc1. The third-order valence-electron chi connectivity index (χ3n) is 4.39. The Morgan fingerprint density at radius 1 is 0.615 bits per heavy atom. The van der Waals surface area contributed by atoms with E-state index >= 15 is 0 Å². The first-order valence-corrected chi connectivity index (χ1v) is 9.66. The van der Waals surface area contributed by atoms with Crippen LogP contribution in [0.1, 0.15) is 36.8 Å².